The highest BCUT2D eigenvalue weighted by molar-refractivity contribution is 5.06. The van der Waals surface area contributed by atoms with Gasteiger partial charge in [-0.3, -0.25) is 9.78 Å². The van der Waals surface area contributed by atoms with E-state index in [1.54, 1.807) is 6.20 Å². The van der Waals surface area contributed by atoms with Crippen molar-refractivity contribution in [3.63, 3.8) is 0 Å². The third-order valence-electron chi connectivity index (χ3n) is 2.94. The number of hydrogen-bond donors (Lipinski definition) is 1. The summed E-state index contributed by atoms with van der Waals surface area (Å²) in [5.41, 5.74) is 0. The van der Waals surface area contributed by atoms with E-state index in [0.717, 1.165) is 18.2 Å². The Morgan fingerprint density at radius 2 is 2.44 bits per heavy atom. The fourth-order valence-electron chi connectivity index (χ4n) is 1.82. The molecule has 0 amide bonds. The van der Waals surface area contributed by atoms with E-state index in [1.807, 2.05) is 16.9 Å². The van der Waals surface area contributed by atoms with E-state index in [4.69, 9.17) is 0 Å². The molecule has 0 spiro atoms. The molecule has 1 aliphatic rings. The molecule has 0 bridgehead atoms. The van der Waals surface area contributed by atoms with Crippen molar-refractivity contribution in [1.82, 2.24) is 25.0 Å². The molecule has 16 heavy (non-hydrogen) atoms. The van der Waals surface area contributed by atoms with Crippen LogP contribution in [-0.2, 0) is 6.54 Å². The van der Waals surface area contributed by atoms with Crippen molar-refractivity contribution in [2.75, 3.05) is 0 Å². The number of nitrogens with one attached hydrogen (secondary N) is 1. The van der Waals surface area contributed by atoms with Gasteiger partial charge in [-0.2, -0.15) is 10.2 Å². The molecule has 2 aromatic rings. The van der Waals surface area contributed by atoms with Crippen molar-refractivity contribution in [2.24, 2.45) is 0 Å². The van der Waals surface area contributed by atoms with Gasteiger partial charge in [-0.05, 0) is 18.9 Å². The molecular formula is C11H15N5. The molecular weight excluding hydrogens is 202 g/mol. The number of rotatable bonds is 4. The van der Waals surface area contributed by atoms with E-state index in [0.29, 0.717) is 11.8 Å². The molecule has 1 unspecified atom stereocenters. The molecule has 2 heterocycles. The molecule has 0 saturated heterocycles. The van der Waals surface area contributed by atoms with Crippen LogP contribution in [0.3, 0.4) is 0 Å². The average Bonchev–Trinajstić information content (AvgIpc) is 2.82. The van der Waals surface area contributed by atoms with Gasteiger partial charge in [0.15, 0.2) is 5.82 Å². The van der Waals surface area contributed by atoms with Gasteiger partial charge in [-0.1, -0.05) is 6.92 Å². The molecule has 0 aliphatic heterocycles. The van der Waals surface area contributed by atoms with Crippen LogP contribution in [0, 0.1) is 0 Å². The van der Waals surface area contributed by atoms with Gasteiger partial charge in [0, 0.05) is 24.2 Å². The van der Waals surface area contributed by atoms with Crippen LogP contribution in [0.15, 0.2) is 18.5 Å². The Bertz CT molecular complexity index is 454. The highest BCUT2D eigenvalue weighted by Gasteiger charge is 2.27. The zero-order valence-electron chi connectivity index (χ0n) is 9.30. The monoisotopic (exact) mass is 217 g/mol. The molecule has 0 aromatic carbocycles. The standard InChI is InChI=1S/C11H15N5/c1-8(7-16-6-2-5-12-16)10-13-11(15-14-10)9-3-4-9/h2,5-6,8-9H,3-4,7H2,1H3,(H,13,14,15). The Morgan fingerprint density at radius 3 is 3.12 bits per heavy atom. The lowest BCUT2D eigenvalue weighted by Crippen LogP contribution is -2.08. The fraction of sp³-hybridized carbons (Fsp3) is 0.545. The second-order valence-electron chi connectivity index (χ2n) is 4.48. The molecule has 1 atom stereocenters. The molecule has 84 valence electrons. The first-order valence-corrected chi connectivity index (χ1v) is 5.72. The van der Waals surface area contributed by atoms with Crippen LogP contribution < -0.4 is 0 Å². The zero-order valence-corrected chi connectivity index (χ0v) is 9.30. The number of hydrogen-bond acceptors (Lipinski definition) is 3. The van der Waals surface area contributed by atoms with Crippen molar-refractivity contribution < 1.29 is 0 Å². The Labute approximate surface area is 93.9 Å². The first-order valence-electron chi connectivity index (χ1n) is 5.72. The van der Waals surface area contributed by atoms with E-state index in [9.17, 15) is 0 Å². The highest BCUT2D eigenvalue weighted by atomic mass is 15.3. The van der Waals surface area contributed by atoms with E-state index < -0.39 is 0 Å². The van der Waals surface area contributed by atoms with Crippen LogP contribution in [0.4, 0.5) is 0 Å². The summed E-state index contributed by atoms with van der Waals surface area (Å²) in [5.74, 6) is 2.89. The maximum atomic E-state index is 4.54. The van der Waals surface area contributed by atoms with E-state index in [2.05, 4.69) is 27.2 Å². The summed E-state index contributed by atoms with van der Waals surface area (Å²) < 4.78 is 1.91. The topological polar surface area (TPSA) is 59.4 Å². The summed E-state index contributed by atoms with van der Waals surface area (Å²) in [6.45, 7) is 2.95. The van der Waals surface area contributed by atoms with Gasteiger partial charge in [0.25, 0.3) is 0 Å². The van der Waals surface area contributed by atoms with Gasteiger partial charge in [-0.25, -0.2) is 4.98 Å². The number of nitrogens with zero attached hydrogens (tertiary/aromatic N) is 4. The number of aromatic amines is 1. The van der Waals surface area contributed by atoms with E-state index in [-0.39, 0.29) is 0 Å². The molecule has 2 aromatic heterocycles. The first kappa shape index (κ1) is 9.57. The quantitative estimate of drug-likeness (QED) is 0.847. The van der Waals surface area contributed by atoms with Gasteiger partial charge in [-0.15, -0.1) is 0 Å². The van der Waals surface area contributed by atoms with E-state index in [1.165, 1.54) is 12.8 Å². The molecule has 5 nitrogen and oxygen atoms in total. The summed E-state index contributed by atoms with van der Waals surface area (Å²) in [4.78, 5) is 4.54. The van der Waals surface area contributed by atoms with Gasteiger partial charge >= 0.3 is 0 Å². The summed E-state index contributed by atoms with van der Waals surface area (Å²) >= 11 is 0. The second-order valence-corrected chi connectivity index (χ2v) is 4.48. The average molecular weight is 217 g/mol. The van der Waals surface area contributed by atoms with Crippen LogP contribution >= 0.6 is 0 Å². The van der Waals surface area contributed by atoms with Crippen molar-refractivity contribution in [3.05, 3.63) is 30.1 Å². The normalized spacial score (nSPS) is 17.6. The molecule has 1 aliphatic carbocycles. The van der Waals surface area contributed by atoms with Crippen LogP contribution in [0.25, 0.3) is 0 Å². The van der Waals surface area contributed by atoms with E-state index >= 15 is 0 Å². The predicted molar refractivity (Wildman–Crippen MR) is 59.0 cm³/mol. The SMILES string of the molecule is CC(Cn1cccn1)c1n[nH]c(C2CC2)n1. The molecule has 1 saturated carbocycles. The zero-order chi connectivity index (χ0) is 11.0. The molecule has 1 fully saturated rings. The molecule has 0 radical (unpaired) electrons. The van der Waals surface area contributed by atoms with Crippen LogP contribution in [0.1, 0.15) is 43.3 Å². The Balaban J connectivity index is 1.70. The van der Waals surface area contributed by atoms with Crippen LogP contribution in [-0.4, -0.2) is 25.0 Å². The van der Waals surface area contributed by atoms with Gasteiger partial charge in [0.1, 0.15) is 5.82 Å². The van der Waals surface area contributed by atoms with Crippen LogP contribution in [0.5, 0.6) is 0 Å². The van der Waals surface area contributed by atoms with Crippen LogP contribution in [0.2, 0.25) is 0 Å². The maximum absolute atomic E-state index is 4.54. The summed E-state index contributed by atoms with van der Waals surface area (Å²) in [6.07, 6.45) is 6.26. The molecule has 5 heteroatoms. The van der Waals surface area contributed by atoms with Crippen molar-refractivity contribution >= 4 is 0 Å². The van der Waals surface area contributed by atoms with Gasteiger partial charge in [0.05, 0.1) is 6.54 Å². The van der Waals surface area contributed by atoms with Crippen molar-refractivity contribution in [3.8, 4) is 0 Å². The summed E-state index contributed by atoms with van der Waals surface area (Å²) in [7, 11) is 0. The Kier molecular flexibility index (Phi) is 2.23. The largest absolute Gasteiger partial charge is 0.272 e. The summed E-state index contributed by atoms with van der Waals surface area (Å²) in [6, 6.07) is 1.93. The Hall–Kier alpha value is -1.65. The Morgan fingerprint density at radius 1 is 1.56 bits per heavy atom. The lowest BCUT2D eigenvalue weighted by atomic mass is 10.2. The number of aromatic nitrogens is 5. The van der Waals surface area contributed by atoms with Crippen molar-refractivity contribution in [1.29, 1.82) is 0 Å². The third kappa shape index (κ3) is 1.85. The molecule has 1 N–H and O–H groups in total. The molecule has 3 rings (SSSR count). The smallest absolute Gasteiger partial charge is 0.155 e. The highest BCUT2D eigenvalue weighted by Crippen LogP contribution is 2.38. The minimum absolute atomic E-state index is 0.295. The van der Waals surface area contributed by atoms with Crippen molar-refractivity contribution in [2.45, 2.75) is 38.1 Å². The van der Waals surface area contributed by atoms with Gasteiger partial charge in [0.2, 0.25) is 0 Å². The first-order chi connectivity index (χ1) is 7.83. The minimum atomic E-state index is 0.295. The maximum Gasteiger partial charge on any atom is 0.155 e. The minimum Gasteiger partial charge on any atom is -0.272 e. The third-order valence-corrected chi connectivity index (χ3v) is 2.94. The van der Waals surface area contributed by atoms with Gasteiger partial charge < -0.3 is 0 Å². The lowest BCUT2D eigenvalue weighted by Gasteiger charge is -2.06. The second kappa shape index (κ2) is 3.73. The number of H-pyrrole nitrogens is 1. The summed E-state index contributed by atoms with van der Waals surface area (Å²) in [5, 5.41) is 11.5. The fourth-order valence-corrected chi connectivity index (χ4v) is 1.82. The lowest BCUT2D eigenvalue weighted by molar-refractivity contribution is 0.525. The predicted octanol–water partition coefficient (Wildman–Crippen LogP) is 1.68.